The first-order valence-corrected chi connectivity index (χ1v) is 18.3. The topological polar surface area (TPSA) is 90.4 Å². The number of nitrogens with zero attached hydrogens (tertiary/aromatic N) is 1. The van der Waals surface area contributed by atoms with Gasteiger partial charge in [0.25, 0.3) is 5.91 Å². The average Bonchev–Trinajstić information content (AvgIpc) is 3.37. The van der Waals surface area contributed by atoms with E-state index in [0.29, 0.717) is 36.5 Å². The molecule has 0 radical (unpaired) electrons. The molecule has 0 saturated carbocycles. The summed E-state index contributed by atoms with van der Waals surface area (Å²) in [7, 11) is 0. The second kappa shape index (κ2) is 14.4. The Bertz CT molecular complexity index is 2170. The van der Waals surface area contributed by atoms with Crippen LogP contribution in [0.5, 0.6) is 0 Å². The molecule has 11 heteroatoms. The van der Waals surface area contributed by atoms with Crippen LogP contribution in [0.15, 0.2) is 63.8 Å². The van der Waals surface area contributed by atoms with E-state index in [4.69, 9.17) is 4.42 Å². The standard InChI is InChI=1S/C41H44F4N4O3/c1-40(2)15-13-27-19-30-32(41(43,44)45)22-36(50)52-35(30)23-34(27)49(40)18-8-6-4-3-5-7-16-46-24-25-9-11-26(12-10-25)38-29-14-17-47-39(51)31-20-28(42)21-33(48-38)37(29)31/h9-12,19-23,46,48H,3-8,13-18,24H2,1-2H3,(H,47,51). The van der Waals surface area contributed by atoms with Crippen LogP contribution >= 0.6 is 0 Å². The molecule has 5 aromatic rings. The number of aromatic amines is 1. The number of hydrogen-bond acceptors (Lipinski definition) is 5. The molecular formula is C41H44F4N4O3. The van der Waals surface area contributed by atoms with Crippen LogP contribution in [0.1, 0.15) is 91.4 Å². The van der Waals surface area contributed by atoms with Crippen LogP contribution in [0.4, 0.5) is 23.2 Å². The summed E-state index contributed by atoms with van der Waals surface area (Å²) in [6.07, 6.45) is 4.01. The van der Waals surface area contributed by atoms with Crippen LogP contribution in [0.3, 0.4) is 0 Å². The minimum Gasteiger partial charge on any atom is -0.423 e. The van der Waals surface area contributed by atoms with Gasteiger partial charge in [-0.25, -0.2) is 9.18 Å². The third-order valence-corrected chi connectivity index (χ3v) is 10.7. The Morgan fingerprint density at radius 3 is 2.44 bits per heavy atom. The molecule has 0 atom stereocenters. The van der Waals surface area contributed by atoms with Crippen molar-refractivity contribution in [3.8, 4) is 11.3 Å². The van der Waals surface area contributed by atoms with E-state index in [9.17, 15) is 27.2 Å². The predicted molar refractivity (Wildman–Crippen MR) is 196 cm³/mol. The molecule has 2 aliphatic rings. The van der Waals surface area contributed by atoms with Gasteiger partial charge in [0.15, 0.2) is 0 Å². The number of aryl methyl sites for hydroxylation is 1. The maximum Gasteiger partial charge on any atom is 0.417 e. The van der Waals surface area contributed by atoms with Crippen molar-refractivity contribution in [1.29, 1.82) is 0 Å². The minimum atomic E-state index is -4.63. The Kier molecular flexibility index (Phi) is 9.91. The van der Waals surface area contributed by atoms with Crippen molar-refractivity contribution in [3.63, 3.8) is 0 Å². The minimum absolute atomic E-state index is 0.0215. The summed E-state index contributed by atoms with van der Waals surface area (Å²) in [5.41, 5.74) is 4.74. The summed E-state index contributed by atoms with van der Waals surface area (Å²) < 4.78 is 60.6. The molecule has 3 N–H and O–H groups in total. The van der Waals surface area contributed by atoms with Gasteiger partial charge in [-0.05, 0) is 92.9 Å². The fourth-order valence-electron chi connectivity index (χ4n) is 7.94. The maximum absolute atomic E-state index is 14.2. The van der Waals surface area contributed by atoms with E-state index in [0.717, 1.165) is 98.0 Å². The van der Waals surface area contributed by atoms with Gasteiger partial charge in [-0.2, -0.15) is 13.2 Å². The largest absolute Gasteiger partial charge is 0.423 e. The van der Waals surface area contributed by atoms with E-state index in [2.05, 4.69) is 58.6 Å². The number of carbonyl (C=O) groups is 1. The highest BCUT2D eigenvalue weighted by Gasteiger charge is 2.37. The predicted octanol–water partition coefficient (Wildman–Crippen LogP) is 9.05. The van der Waals surface area contributed by atoms with Gasteiger partial charge in [0.05, 0.1) is 11.1 Å². The normalized spacial score (nSPS) is 15.6. The SMILES string of the molecule is CC1(C)CCc2cc3c(C(F)(F)F)cc(=O)oc3cc2N1CCCCCCCCNCc1ccc(-c2[nH]c3cc(F)cc4c3c2CCNC4=O)cc1. The van der Waals surface area contributed by atoms with Crippen molar-refractivity contribution < 1.29 is 26.8 Å². The lowest BCUT2D eigenvalue weighted by atomic mass is 9.85. The lowest BCUT2D eigenvalue weighted by molar-refractivity contribution is -0.136. The highest BCUT2D eigenvalue weighted by atomic mass is 19.4. The molecule has 3 aromatic carbocycles. The van der Waals surface area contributed by atoms with Crippen molar-refractivity contribution in [3.05, 3.63) is 98.7 Å². The van der Waals surface area contributed by atoms with Gasteiger partial charge in [0.2, 0.25) is 0 Å². The molecule has 0 spiro atoms. The van der Waals surface area contributed by atoms with Crippen molar-refractivity contribution in [2.75, 3.05) is 24.5 Å². The van der Waals surface area contributed by atoms with Crippen LogP contribution in [-0.2, 0) is 25.6 Å². The average molecular weight is 717 g/mol. The molecule has 0 saturated heterocycles. The van der Waals surface area contributed by atoms with E-state index in [1.807, 2.05) is 0 Å². The zero-order valence-corrected chi connectivity index (χ0v) is 29.6. The number of hydrogen-bond donors (Lipinski definition) is 3. The molecule has 2 aromatic heterocycles. The quantitative estimate of drug-likeness (QED) is 0.0681. The third kappa shape index (κ3) is 7.33. The molecular weight excluding hydrogens is 672 g/mol. The lowest BCUT2D eigenvalue weighted by Crippen LogP contribution is -2.48. The fourth-order valence-corrected chi connectivity index (χ4v) is 7.94. The highest BCUT2D eigenvalue weighted by molar-refractivity contribution is 6.10. The zero-order chi connectivity index (χ0) is 36.6. The first kappa shape index (κ1) is 35.7. The first-order valence-electron chi connectivity index (χ1n) is 18.3. The smallest absolute Gasteiger partial charge is 0.417 e. The number of anilines is 1. The first-order chi connectivity index (χ1) is 24.9. The van der Waals surface area contributed by atoms with Crippen molar-refractivity contribution in [2.45, 2.75) is 89.9 Å². The summed E-state index contributed by atoms with van der Waals surface area (Å²) in [5, 5.41) is 7.15. The summed E-state index contributed by atoms with van der Waals surface area (Å²) in [6, 6.07) is 14.8. The summed E-state index contributed by atoms with van der Waals surface area (Å²) in [4.78, 5) is 30.1. The Balaban J connectivity index is 0.857. The molecule has 7 rings (SSSR count). The molecule has 274 valence electrons. The van der Waals surface area contributed by atoms with Crippen molar-refractivity contribution in [1.82, 2.24) is 15.6 Å². The summed E-state index contributed by atoms with van der Waals surface area (Å²) in [6.45, 7) is 7.28. The van der Waals surface area contributed by atoms with E-state index in [1.165, 1.54) is 17.7 Å². The monoisotopic (exact) mass is 716 g/mol. The molecule has 7 nitrogen and oxygen atoms in total. The van der Waals surface area contributed by atoms with Gasteiger partial charge in [0.1, 0.15) is 11.4 Å². The molecule has 0 fully saturated rings. The van der Waals surface area contributed by atoms with E-state index in [1.54, 1.807) is 12.1 Å². The second-order valence-electron chi connectivity index (χ2n) is 14.8. The Morgan fingerprint density at radius 2 is 1.67 bits per heavy atom. The molecule has 1 amide bonds. The van der Waals surface area contributed by atoms with Gasteiger partial charge in [0, 0.05) is 65.0 Å². The van der Waals surface area contributed by atoms with Crippen LogP contribution in [0.25, 0.3) is 33.1 Å². The van der Waals surface area contributed by atoms with Gasteiger partial charge >= 0.3 is 11.8 Å². The number of fused-ring (bicyclic) bond motifs is 2. The number of aromatic nitrogens is 1. The van der Waals surface area contributed by atoms with Crippen LogP contribution in [0, 0.1) is 5.82 Å². The molecule has 2 aliphatic heterocycles. The van der Waals surface area contributed by atoms with Crippen LogP contribution < -0.4 is 21.2 Å². The number of carbonyl (C=O) groups excluding carboxylic acids is 1. The zero-order valence-electron chi connectivity index (χ0n) is 29.6. The van der Waals surface area contributed by atoms with Crippen LogP contribution in [0.2, 0.25) is 0 Å². The number of rotatable bonds is 12. The number of amides is 1. The van der Waals surface area contributed by atoms with Gasteiger partial charge in [-0.15, -0.1) is 0 Å². The molecule has 4 heterocycles. The lowest BCUT2D eigenvalue weighted by Gasteiger charge is -2.45. The fraction of sp³-hybridized carbons (Fsp3) is 0.415. The number of halogens is 4. The number of nitrogens with one attached hydrogen (secondary N) is 3. The van der Waals surface area contributed by atoms with Crippen LogP contribution in [-0.4, -0.2) is 36.1 Å². The van der Waals surface area contributed by atoms with Crippen molar-refractivity contribution >= 4 is 33.5 Å². The van der Waals surface area contributed by atoms with Crippen molar-refractivity contribution in [2.24, 2.45) is 0 Å². The van der Waals surface area contributed by atoms with E-state index in [-0.39, 0.29) is 22.4 Å². The second-order valence-corrected chi connectivity index (χ2v) is 14.8. The Labute approximate surface area is 299 Å². The Morgan fingerprint density at radius 1 is 0.923 bits per heavy atom. The van der Waals surface area contributed by atoms with E-state index >= 15 is 0 Å². The number of unbranched alkanes of at least 4 members (excludes halogenated alkanes) is 5. The molecule has 0 bridgehead atoms. The molecule has 0 unspecified atom stereocenters. The molecule has 0 aliphatic carbocycles. The summed E-state index contributed by atoms with van der Waals surface area (Å²) in [5.74, 6) is -0.680. The van der Waals surface area contributed by atoms with Gasteiger partial charge in [-0.1, -0.05) is 49.9 Å². The maximum atomic E-state index is 14.2. The highest BCUT2D eigenvalue weighted by Crippen LogP contribution is 2.42. The number of benzene rings is 3. The van der Waals surface area contributed by atoms with E-state index < -0.39 is 23.2 Å². The number of H-pyrrole nitrogens is 1. The van der Waals surface area contributed by atoms with Gasteiger partial charge in [-0.3, -0.25) is 4.79 Å². The third-order valence-electron chi connectivity index (χ3n) is 10.7. The van der Waals surface area contributed by atoms with Gasteiger partial charge < -0.3 is 24.9 Å². The summed E-state index contributed by atoms with van der Waals surface area (Å²) >= 11 is 0. The Hall–Kier alpha value is -4.64. The molecule has 52 heavy (non-hydrogen) atoms. The number of alkyl halides is 3.